The second-order valence-electron chi connectivity index (χ2n) is 4.59. The van der Waals surface area contributed by atoms with Crippen LogP contribution >= 0.6 is 12.2 Å². The number of nitrogens with one attached hydrogen (secondary N) is 1. The second-order valence-corrected chi connectivity index (χ2v) is 4.98. The minimum atomic E-state index is -0.334. The summed E-state index contributed by atoms with van der Waals surface area (Å²) < 4.78 is 13.3. The lowest BCUT2D eigenvalue weighted by atomic mass is 10.2. The maximum absolute atomic E-state index is 9.20. The molecule has 0 saturated carbocycles. The second kappa shape index (κ2) is 3.73. The van der Waals surface area contributed by atoms with Gasteiger partial charge in [0.05, 0.1) is 12.9 Å². The summed E-state index contributed by atoms with van der Waals surface area (Å²) >= 11 is 5.12. The van der Waals surface area contributed by atoms with Gasteiger partial charge < -0.3 is 25.3 Å². The van der Waals surface area contributed by atoms with E-state index in [0.717, 1.165) is 0 Å². The van der Waals surface area contributed by atoms with Crippen molar-refractivity contribution in [3.8, 4) is 0 Å². The van der Waals surface area contributed by atoms with E-state index >= 15 is 0 Å². The predicted octanol–water partition coefficient (Wildman–Crippen LogP) is -0.272. The van der Waals surface area contributed by atoms with Gasteiger partial charge in [-0.3, -0.25) is 4.57 Å². The van der Waals surface area contributed by atoms with Gasteiger partial charge in [-0.2, -0.15) is 0 Å². The van der Waals surface area contributed by atoms with Gasteiger partial charge in [0.2, 0.25) is 0 Å². The maximum atomic E-state index is 9.20. The highest BCUT2D eigenvalue weighted by Crippen LogP contribution is 2.45. The van der Waals surface area contributed by atoms with Crippen LogP contribution in [0, 0.1) is 4.64 Å². The van der Waals surface area contributed by atoms with Gasteiger partial charge in [-0.05, 0) is 0 Å². The lowest BCUT2D eigenvalue weighted by molar-refractivity contribution is -0.0823. The highest BCUT2D eigenvalue weighted by atomic mass is 32.1. The van der Waals surface area contributed by atoms with Crippen LogP contribution in [-0.4, -0.2) is 49.5 Å². The molecule has 4 N–H and O–H groups in total. The Bertz CT molecular complexity index is 713. The van der Waals surface area contributed by atoms with E-state index in [1.807, 2.05) is 0 Å². The maximum Gasteiger partial charge on any atom is 0.200 e. The van der Waals surface area contributed by atoms with E-state index < -0.39 is 0 Å². The largest absolute Gasteiger partial charge is 0.394 e. The summed E-state index contributed by atoms with van der Waals surface area (Å²) in [6.07, 6.45) is 0.871. The molecule has 100 valence electrons. The van der Waals surface area contributed by atoms with Crippen molar-refractivity contribution in [1.82, 2.24) is 19.5 Å². The molecule has 0 aliphatic carbocycles. The standard InChI is InChI=1S/C10H11N5O3S/c11-10-13-7-4(8(19)14-10)12-2-15(7)9-6-5(18-6)3(1-16)17-9/h2-3,5-6,9,16H,1H2,(H3,11,13,14,19)/t3-,5-,6-,9-/m0/s1. The van der Waals surface area contributed by atoms with Gasteiger partial charge in [0, 0.05) is 0 Å². The first kappa shape index (κ1) is 11.3. The average molecular weight is 281 g/mol. The van der Waals surface area contributed by atoms with Crippen molar-refractivity contribution in [2.24, 2.45) is 0 Å². The Morgan fingerprint density at radius 2 is 2.32 bits per heavy atom. The number of nitrogens with two attached hydrogens (primary N) is 1. The van der Waals surface area contributed by atoms with Crippen LogP contribution < -0.4 is 5.73 Å². The van der Waals surface area contributed by atoms with Crippen LogP contribution in [0.3, 0.4) is 0 Å². The number of ether oxygens (including phenoxy) is 2. The normalized spacial score (nSPS) is 32.7. The number of hydrogen-bond acceptors (Lipinski definition) is 7. The minimum Gasteiger partial charge on any atom is -0.394 e. The summed E-state index contributed by atoms with van der Waals surface area (Å²) in [4.78, 5) is 11.1. The third-order valence-electron chi connectivity index (χ3n) is 3.44. The number of aliphatic hydroxyl groups excluding tert-OH is 1. The predicted molar refractivity (Wildman–Crippen MR) is 66.8 cm³/mol. The number of hydrogen-bond donors (Lipinski definition) is 3. The first-order valence-corrected chi connectivity index (χ1v) is 6.24. The molecule has 0 spiro atoms. The molecule has 2 aliphatic heterocycles. The summed E-state index contributed by atoms with van der Waals surface area (Å²) in [5, 5.41) is 9.20. The van der Waals surface area contributed by atoms with Crippen LogP contribution in [0.2, 0.25) is 0 Å². The van der Waals surface area contributed by atoms with Crippen molar-refractivity contribution in [1.29, 1.82) is 0 Å². The number of aliphatic hydroxyl groups is 1. The fourth-order valence-electron chi connectivity index (χ4n) is 2.52. The molecule has 0 unspecified atom stereocenters. The Morgan fingerprint density at radius 3 is 3.05 bits per heavy atom. The van der Waals surface area contributed by atoms with Crippen LogP contribution in [-0.2, 0) is 9.47 Å². The van der Waals surface area contributed by atoms with Gasteiger partial charge >= 0.3 is 0 Å². The Balaban J connectivity index is 1.82. The molecule has 0 amide bonds. The van der Waals surface area contributed by atoms with Crippen LogP contribution in [0.5, 0.6) is 0 Å². The van der Waals surface area contributed by atoms with Crippen molar-refractivity contribution in [2.75, 3.05) is 12.3 Å². The molecule has 0 bridgehead atoms. The SMILES string of the molecule is Nc1nc(=S)c2ncn([C@H]3O[C@@H](CO)[C@@H]4O[C@@H]43)c2[nH]1. The molecule has 2 aliphatic rings. The number of fused-ring (bicyclic) bond motifs is 2. The number of nitrogen functional groups attached to an aromatic ring is 1. The third-order valence-corrected chi connectivity index (χ3v) is 3.73. The zero-order valence-corrected chi connectivity index (χ0v) is 10.5. The molecular weight excluding hydrogens is 270 g/mol. The Morgan fingerprint density at radius 1 is 1.47 bits per heavy atom. The van der Waals surface area contributed by atoms with Crippen molar-refractivity contribution in [3.05, 3.63) is 11.0 Å². The lowest BCUT2D eigenvalue weighted by Crippen LogP contribution is -2.22. The van der Waals surface area contributed by atoms with Crippen LogP contribution in [0.25, 0.3) is 11.2 Å². The number of rotatable bonds is 2. The molecule has 2 fully saturated rings. The molecule has 2 aromatic rings. The average Bonchev–Trinajstić information content (AvgIpc) is 2.91. The zero-order chi connectivity index (χ0) is 13.1. The quantitative estimate of drug-likeness (QED) is 0.512. The fraction of sp³-hybridized carbons (Fsp3) is 0.500. The summed E-state index contributed by atoms with van der Waals surface area (Å²) in [5.41, 5.74) is 6.88. The Kier molecular flexibility index (Phi) is 2.22. The first-order chi connectivity index (χ1) is 9.19. The summed E-state index contributed by atoms with van der Waals surface area (Å²) in [6.45, 7) is -0.0655. The van der Waals surface area contributed by atoms with Gasteiger partial charge in [0.1, 0.15) is 29.5 Å². The van der Waals surface area contributed by atoms with E-state index in [0.29, 0.717) is 15.8 Å². The van der Waals surface area contributed by atoms with E-state index in [-0.39, 0.29) is 37.1 Å². The smallest absolute Gasteiger partial charge is 0.200 e. The van der Waals surface area contributed by atoms with E-state index in [4.69, 9.17) is 27.4 Å². The number of H-pyrrole nitrogens is 1. The molecule has 0 radical (unpaired) electrons. The number of aromatic nitrogens is 4. The van der Waals surface area contributed by atoms with Gasteiger partial charge in [0.15, 0.2) is 16.8 Å². The molecule has 9 heteroatoms. The van der Waals surface area contributed by atoms with E-state index in [9.17, 15) is 5.11 Å². The number of imidazole rings is 1. The van der Waals surface area contributed by atoms with Gasteiger partial charge in [-0.1, -0.05) is 12.2 Å². The zero-order valence-electron chi connectivity index (χ0n) is 9.68. The number of nitrogens with zero attached hydrogens (tertiary/aromatic N) is 3. The van der Waals surface area contributed by atoms with Crippen molar-refractivity contribution < 1.29 is 14.6 Å². The van der Waals surface area contributed by atoms with Gasteiger partial charge in [-0.25, -0.2) is 9.97 Å². The first-order valence-electron chi connectivity index (χ1n) is 5.83. The monoisotopic (exact) mass is 281 g/mol. The molecule has 19 heavy (non-hydrogen) atoms. The summed E-state index contributed by atoms with van der Waals surface area (Å²) in [7, 11) is 0. The summed E-state index contributed by atoms with van der Waals surface area (Å²) in [6, 6.07) is 0. The third kappa shape index (κ3) is 1.53. The minimum absolute atomic E-state index is 0.0467. The highest BCUT2D eigenvalue weighted by molar-refractivity contribution is 7.71. The van der Waals surface area contributed by atoms with E-state index in [2.05, 4.69) is 15.0 Å². The molecule has 4 atom stereocenters. The summed E-state index contributed by atoms with van der Waals surface area (Å²) in [5.74, 6) is 0.226. The molecular formula is C10H11N5O3S. The topological polar surface area (TPSA) is 115 Å². The van der Waals surface area contributed by atoms with Gasteiger partial charge in [-0.15, -0.1) is 0 Å². The number of epoxide rings is 1. The lowest BCUT2D eigenvalue weighted by Gasteiger charge is -2.17. The molecule has 8 nitrogen and oxygen atoms in total. The Hall–Kier alpha value is -1.55. The van der Waals surface area contributed by atoms with Crippen molar-refractivity contribution in [3.63, 3.8) is 0 Å². The molecule has 4 rings (SSSR count). The highest BCUT2D eigenvalue weighted by Gasteiger charge is 2.58. The van der Waals surface area contributed by atoms with Gasteiger partial charge in [0.25, 0.3) is 0 Å². The Labute approximate surface area is 112 Å². The van der Waals surface area contributed by atoms with Crippen molar-refractivity contribution >= 4 is 29.3 Å². The van der Waals surface area contributed by atoms with E-state index in [1.54, 1.807) is 10.9 Å². The molecule has 2 saturated heterocycles. The number of anilines is 1. The molecule has 0 aromatic carbocycles. The number of aromatic amines is 1. The molecule has 2 aromatic heterocycles. The fourth-order valence-corrected chi connectivity index (χ4v) is 2.76. The molecule has 4 heterocycles. The van der Waals surface area contributed by atoms with Crippen LogP contribution in [0.4, 0.5) is 5.95 Å². The van der Waals surface area contributed by atoms with Crippen molar-refractivity contribution in [2.45, 2.75) is 24.5 Å². The van der Waals surface area contributed by atoms with Crippen LogP contribution in [0.15, 0.2) is 6.33 Å². The van der Waals surface area contributed by atoms with E-state index in [1.165, 1.54) is 0 Å². The van der Waals surface area contributed by atoms with Crippen LogP contribution in [0.1, 0.15) is 6.23 Å².